The van der Waals surface area contributed by atoms with E-state index in [2.05, 4.69) is 0 Å². The number of hydrogen-bond donors (Lipinski definition) is 0. The third kappa shape index (κ3) is 4.24. The summed E-state index contributed by atoms with van der Waals surface area (Å²) in [6.07, 6.45) is -11.8. The van der Waals surface area contributed by atoms with Crippen molar-refractivity contribution < 1.29 is 36.7 Å². The number of hydrogen-bond acceptors (Lipinski definition) is 4. The molecule has 4 aromatic carbocycles. The molecule has 0 aliphatic carbocycles. The van der Waals surface area contributed by atoms with Crippen LogP contribution in [0.2, 0.25) is 0 Å². The van der Waals surface area contributed by atoms with Crippen molar-refractivity contribution in [1.29, 1.82) is 0 Å². The summed E-state index contributed by atoms with van der Waals surface area (Å²) in [5.74, 6) is -3.78. The predicted molar refractivity (Wildman–Crippen MR) is 150 cm³/mol. The van der Waals surface area contributed by atoms with Gasteiger partial charge < -0.3 is 0 Å². The number of alkyl halides is 4. The van der Waals surface area contributed by atoms with Crippen LogP contribution < -0.4 is 9.80 Å². The first-order valence-electron chi connectivity index (χ1n) is 13.3. The highest BCUT2D eigenvalue weighted by atomic mass is 19.2. The number of halogens is 4. The molecule has 2 aliphatic heterocycles. The van der Waals surface area contributed by atoms with Gasteiger partial charge in [0.1, 0.15) is 0 Å². The fourth-order valence-corrected chi connectivity index (χ4v) is 5.73. The third-order valence-electron chi connectivity index (χ3n) is 7.80. The highest BCUT2D eigenvalue weighted by molar-refractivity contribution is 6.12. The second kappa shape index (κ2) is 10.6. The summed E-state index contributed by atoms with van der Waals surface area (Å²) < 4.78 is 62.1. The summed E-state index contributed by atoms with van der Waals surface area (Å²) in [4.78, 5) is 52.8. The molecule has 10 heteroatoms. The van der Waals surface area contributed by atoms with Gasteiger partial charge in [0, 0.05) is 33.6 Å². The molecule has 4 aromatic rings. The molecule has 0 bridgehead atoms. The Morgan fingerprint density at radius 1 is 0.488 bits per heavy atom. The number of carbonyl (C=O) groups is 4. The molecular formula is C33H22F4N2O4. The van der Waals surface area contributed by atoms with Crippen LogP contribution >= 0.6 is 0 Å². The maximum atomic E-state index is 15.9. The Kier molecular flexibility index (Phi) is 6.92. The first-order valence-corrected chi connectivity index (χ1v) is 13.3. The van der Waals surface area contributed by atoms with Crippen LogP contribution in [-0.4, -0.2) is 53.7 Å². The second-order valence-electron chi connectivity index (χ2n) is 10.2. The fourth-order valence-electron chi connectivity index (χ4n) is 5.73. The SMILES string of the molecule is O=C(c1ccccc1)c1ccc(N2C(=O)C(F)C(F)C23C(F)C(F)C(=O)N3c2ccc(C(=O)c3ccccc3)cc2)cc1. The van der Waals surface area contributed by atoms with Crippen molar-refractivity contribution in [3.63, 3.8) is 0 Å². The van der Waals surface area contributed by atoms with Gasteiger partial charge in [-0.25, -0.2) is 17.6 Å². The van der Waals surface area contributed by atoms with Gasteiger partial charge in [-0.3, -0.25) is 29.0 Å². The van der Waals surface area contributed by atoms with E-state index < -0.39 is 42.2 Å². The van der Waals surface area contributed by atoms with Crippen LogP contribution in [0.5, 0.6) is 0 Å². The van der Waals surface area contributed by atoms with Crippen LogP contribution in [-0.2, 0) is 9.59 Å². The zero-order valence-electron chi connectivity index (χ0n) is 22.2. The average Bonchev–Trinajstić information content (AvgIpc) is 3.37. The van der Waals surface area contributed by atoms with Crippen molar-refractivity contribution >= 4 is 34.8 Å². The summed E-state index contributed by atoms with van der Waals surface area (Å²) in [6.45, 7) is 0. The Balaban J connectivity index is 1.41. The summed E-state index contributed by atoms with van der Waals surface area (Å²) in [6, 6.07) is 26.4. The molecule has 4 atom stereocenters. The molecule has 0 aromatic heterocycles. The number of carbonyl (C=O) groups excluding carboxylic acids is 4. The summed E-state index contributed by atoms with van der Waals surface area (Å²) >= 11 is 0. The normalized spacial score (nSPS) is 25.0. The van der Waals surface area contributed by atoms with Gasteiger partial charge in [0.15, 0.2) is 29.6 Å². The maximum Gasteiger partial charge on any atom is 0.266 e. The minimum atomic E-state index is -3.05. The Bertz CT molecular complexity index is 1590. The molecule has 2 saturated heterocycles. The van der Waals surface area contributed by atoms with E-state index >= 15 is 17.6 Å². The minimum absolute atomic E-state index is 0.169. The number of ketones is 2. The first kappa shape index (κ1) is 28.0. The second-order valence-corrected chi connectivity index (χ2v) is 10.2. The van der Waals surface area contributed by atoms with Crippen LogP contribution in [0.15, 0.2) is 109 Å². The van der Waals surface area contributed by atoms with Gasteiger partial charge in [-0.1, -0.05) is 60.7 Å². The number of anilines is 2. The molecule has 2 heterocycles. The summed E-state index contributed by atoms with van der Waals surface area (Å²) in [7, 11) is 0. The first-order chi connectivity index (χ1) is 20.7. The van der Waals surface area contributed by atoms with Gasteiger partial charge in [0.2, 0.25) is 12.3 Å². The monoisotopic (exact) mass is 586 g/mol. The minimum Gasteiger partial charge on any atom is -0.289 e. The van der Waals surface area contributed by atoms with Crippen LogP contribution in [0.25, 0.3) is 0 Å². The Morgan fingerprint density at radius 2 is 0.791 bits per heavy atom. The van der Waals surface area contributed by atoms with Crippen molar-refractivity contribution in [3.8, 4) is 0 Å². The van der Waals surface area contributed by atoms with E-state index in [1.165, 1.54) is 48.5 Å². The standard InChI is InChI=1S/C33H22F4N2O4/c34-25-29(36)33(38(31(25)42)23-15-11-21(12-16-23)27(40)19-7-3-1-4-8-19)30(37)26(35)32(43)39(33)24-17-13-22(14-18-24)28(41)20-9-5-2-6-10-20/h1-18,25-26,29-30H. The molecule has 43 heavy (non-hydrogen) atoms. The largest absolute Gasteiger partial charge is 0.289 e. The summed E-state index contributed by atoms with van der Waals surface area (Å²) in [5.41, 5.74) is -2.48. The molecule has 2 amide bonds. The Morgan fingerprint density at radius 3 is 1.12 bits per heavy atom. The molecule has 1 spiro atoms. The van der Waals surface area contributed by atoms with Crippen LogP contribution in [0.1, 0.15) is 31.8 Å². The number of rotatable bonds is 6. The van der Waals surface area contributed by atoms with Crippen molar-refractivity contribution in [3.05, 3.63) is 131 Å². The topological polar surface area (TPSA) is 74.8 Å². The van der Waals surface area contributed by atoms with E-state index in [-0.39, 0.29) is 34.1 Å². The number of nitrogens with zero attached hydrogens (tertiary/aromatic N) is 2. The van der Waals surface area contributed by atoms with Gasteiger partial charge in [0.05, 0.1) is 0 Å². The quantitative estimate of drug-likeness (QED) is 0.218. The molecular weight excluding hydrogens is 564 g/mol. The highest BCUT2D eigenvalue weighted by Gasteiger charge is 2.75. The Labute approximate surface area is 243 Å². The van der Waals surface area contributed by atoms with Crippen LogP contribution in [0.3, 0.4) is 0 Å². The van der Waals surface area contributed by atoms with Crippen molar-refractivity contribution in [2.75, 3.05) is 9.80 Å². The number of benzene rings is 4. The molecule has 0 N–H and O–H groups in total. The lowest BCUT2D eigenvalue weighted by atomic mass is 9.96. The van der Waals surface area contributed by atoms with Gasteiger partial charge in [-0.2, -0.15) is 0 Å². The van der Waals surface area contributed by atoms with Gasteiger partial charge >= 0.3 is 0 Å². The molecule has 2 aliphatic rings. The van der Waals surface area contributed by atoms with E-state index in [0.717, 1.165) is 0 Å². The van der Waals surface area contributed by atoms with Crippen molar-refractivity contribution in [2.24, 2.45) is 0 Å². The highest BCUT2D eigenvalue weighted by Crippen LogP contribution is 2.51. The fraction of sp³-hybridized carbons (Fsp3) is 0.152. The third-order valence-corrected chi connectivity index (χ3v) is 7.80. The zero-order valence-corrected chi connectivity index (χ0v) is 22.2. The van der Waals surface area contributed by atoms with E-state index in [1.807, 2.05) is 0 Å². The lowest BCUT2D eigenvalue weighted by Gasteiger charge is -2.43. The zero-order chi connectivity index (χ0) is 30.5. The number of amides is 2. The van der Waals surface area contributed by atoms with Gasteiger partial charge in [-0.15, -0.1) is 0 Å². The summed E-state index contributed by atoms with van der Waals surface area (Å²) in [5, 5.41) is 0. The van der Waals surface area contributed by atoms with Crippen molar-refractivity contribution in [2.45, 2.75) is 30.3 Å². The van der Waals surface area contributed by atoms with E-state index in [1.54, 1.807) is 60.7 Å². The molecule has 6 nitrogen and oxygen atoms in total. The molecule has 6 rings (SSSR count). The van der Waals surface area contributed by atoms with Crippen LogP contribution in [0.4, 0.5) is 28.9 Å². The molecule has 4 unspecified atom stereocenters. The van der Waals surface area contributed by atoms with Gasteiger partial charge in [0.25, 0.3) is 11.8 Å². The maximum absolute atomic E-state index is 15.9. The van der Waals surface area contributed by atoms with Crippen LogP contribution in [0, 0.1) is 0 Å². The Hall–Kier alpha value is -5.12. The predicted octanol–water partition coefficient (Wildman–Crippen LogP) is 5.59. The smallest absolute Gasteiger partial charge is 0.266 e. The molecule has 0 saturated carbocycles. The van der Waals surface area contributed by atoms with Crippen molar-refractivity contribution in [1.82, 2.24) is 0 Å². The van der Waals surface area contributed by atoms with E-state index in [4.69, 9.17) is 0 Å². The molecule has 2 fully saturated rings. The lowest BCUT2D eigenvalue weighted by Crippen LogP contribution is -2.65. The van der Waals surface area contributed by atoms with Gasteiger partial charge in [-0.05, 0) is 48.5 Å². The lowest BCUT2D eigenvalue weighted by molar-refractivity contribution is -0.122. The molecule has 0 radical (unpaired) electrons. The average molecular weight is 587 g/mol. The van der Waals surface area contributed by atoms with E-state index in [9.17, 15) is 19.2 Å². The molecule has 216 valence electrons. The van der Waals surface area contributed by atoms with E-state index in [0.29, 0.717) is 20.9 Å².